The number of hydrogen-bond donors (Lipinski definition) is 1. The largest absolute Gasteiger partial charge is 0.444 e. The lowest BCUT2D eigenvalue weighted by Gasteiger charge is -2.26. The summed E-state index contributed by atoms with van der Waals surface area (Å²) in [7, 11) is -3.32. The minimum atomic E-state index is -4.87. The molecule has 0 saturated carbocycles. The Morgan fingerprint density at radius 1 is 1.06 bits per heavy atom. The summed E-state index contributed by atoms with van der Waals surface area (Å²) in [5.41, 5.74) is -1.70. The summed E-state index contributed by atoms with van der Waals surface area (Å²) in [5, 5.41) is 10.3. The molecule has 0 heterocycles. The van der Waals surface area contributed by atoms with Crippen LogP contribution in [0.25, 0.3) is 0 Å². The van der Waals surface area contributed by atoms with Crippen LogP contribution in [0.3, 0.4) is 0 Å². The highest BCUT2D eigenvalue weighted by Gasteiger charge is 2.37. The van der Waals surface area contributed by atoms with E-state index >= 15 is 0 Å². The summed E-state index contributed by atoms with van der Waals surface area (Å²) in [6, 6.07) is 8.76. The van der Waals surface area contributed by atoms with Crippen molar-refractivity contribution in [3.05, 3.63) is 59.7 Å². The topological polar surface area (TPSA) is 93.1 Å². The summed E-state index contributed by atoms with van der Waals surface area (Å²) in [6.07, 6.45) is -6.63. The highest BCUT2D eigenvalue weighted by molar-refractivity contribution is 7.87. The van der Waals surface area contributed by atoms with Gasteiger partial charge in [-0.25, -0.2) is 4.79 Å². The second-order valence-corrected chi connectivity index (χ2v) is 9.49. The van der Waals surface area contributed by atoms with Crippen LogP contribution in [0, 0.1) is 0 Å². The number of amides is 1. The minimum absolute atomic E-state index is 0.105. The third-order valence-electron chi connectivity index (χ3n) is 4.08. The monoisotopic (exact) mass is 475 g/mol. The molecule has 0 radical (unpaired) electrons. The lowest BCUT2D eigenvalue weighted by molar-refractivity contribution is -0.139. The fraction of sp³-hybridized carbons (Fsp3) is 0.381. The molecular formula is C21H24F3NO6S. The van der Waals surface area contributed by atoms with Crippen molar-refractivity contribution in [3.8, 4) is 5.75 Å². The van der Waals surface area contributed by atoms with E-state index in [1.807, 2.05) is 0 Å². The molecule has 1 amide bonds. The summed E-state index contributed by atoms with van der Waals surface area (Å²) in [5.74, 6) is -0.238. The highest BCUT2D eigenvalue weighted by Crippen LogP contribution is 2.35. The lowest BCUT2D eigenvalue weighted by atomic mass is 10.1. The third kappa shape index (κ3) is 6.86. The fourth-order valence-electron chi connectivity index (χ4n) is 2.62. The molecule has 1 unspecified atom stereocenters. The Balaban J connectivity index is 2.12. The third-order valence-corrected chi connectivity index (χ3v) is 5.39. The molecule has 7 nitrogen and oxygen atoms in total. The molecule has 0 bridgehead atoms. The Morgan fingerprint density at radius 3 is 2.16 bits per heavy atom. The van der Waals surface area contributed by atoms with Gasteiger partial charge in [0.1, 0.15) is 16.2 Å². The van der Waals surface area contributed by atoms with Crippen LogP contribution in [0.4, 0.5) is 18.0 Å². The van der Waals surface area contributed by atoms with Gasteiger partial charge in [-0.15, -0.1) is 0 Å². The van der Waals surface area contributed by atoms with E-state index in [1.165, 1.54) is 36.2 Å². The number of nitrogens with zero attached hydrogens (tertiary/aromatic N) is 1. The maximum atomic E-state index is 13.1. The highest BCUT2D eigenvalue weighted by atomic mass is 32.2. The lowest BCUT2D eigenvalue weighted by Crippen LogP contribution is -2.36. The molecule has 0 aliphatic carbocycles. The summed E-state index contributed by atoms with van der Waals surface area (Å²) in [4.78, 5) is 12.2. The van der Waals surface area contributed by atoms with E-state index in [9.17, 15) is 31.5 Å². The maximum Gasteiger partial charge on any atom is 0.417 e. The van der Waals surface area contributed by atoms with Gasteiger partial charge in [0.2, 0.25) is 0 Å². The number of aliphatic hydroxyl groups excluding tert-OH is 1. The van der Waals surface area contributed by atoms with E-state index < -0.39 is 44.6 Å². The fourth-order valence-corrected chi connectivity index (χ4v) is 3.77. The molecule has 0 saturated heterocycles. The molecule has 32 heavy (non-hydrogen) atoms. The van der Waals surface area contributed by atoms with Gasteiger partial charge in [-0.05, 0) is 50.6 Å². The van der Waals surface area contributed by atoms with Gasteiger partial charge in [0.15, 0.2) is 0 Å². The molecule has 0 spiro atoms. The van der Waals surface area contributed by atoms with Gasteiger partial charge < -0.3 is 18.9 Å². The zero-order valence-electron chi connectivity index (χ0n) is 17.9. The summed E-state index contributed by atoms with van der Waals surface area (Å²) < 4.78 is 74.2. The van der Waals surface area contributed by atoms with Crippen LogP contribution < -0.4 is 4.18 Å². The Bertz CT molecular complexity index is 1050. The van der Waals surface area contributed by atoms with Crippen molar-refractivity contribution >= 4 is 16.2 Å². The van der Waals surface area contributed by atoms with Crippen molar-refractivity contribution in [2.45, 2.75) is 43.5 Å². The van der Waals surface area contributed by atoms with E-state index in [4.69, 9.17) is 8.92 Å². The van der Waals surface area contributed by atoms with Crippen molar-refractivity contribution in [2.24, 2.45) is 0 Å². The van der Waals surface area contributed by atoms with E-state index in [-0.39, 0.29) is 12.3 Å². The molecule has 2 rings (SSSR count). The van der Waals surface area contributed by atoms with Gasteiger partial charge in [0.05, 0.1) is 18.2 Å². The van der Waals surface area contributed by atoms with E-state index in [2.05, 4.69) is 0 Å². The first-order chi connectivity index (χ1) is 14.6. The van der Waals surface area contributed by atoms with Crippen molar-refractivity contribution < 1.29 is 40.4 Å². The SMILES string of the molecule is CN(CC(O)c1ccc(OS(=O)(=O)c2ccccc2C(F)(F)F)cc1)C(=O)OC(C)(C)C. The molecule has 1 N–H and O–H groups in total. The van der Waals surface area contributed by atoms with Crippen LogP contribution in [0.2, 0.25) is 0 Å². The van der Waals surface area contributed by atoms with Crippen LogP contribution >= 0.6 is 0 Å². The number of alkyl halides is 3. The first-order valence-corrected chi connectivity index (χ1v) is 10.8. The van der Waals surface area contributed by atoms with Gasteiger partial charge >= 0.3 is 22.4 Å². The molecule has 1 atom stereocenters. The van der Waals surface area contributed by atoms with Gasteiger partial charge in [0.25, 0.3) is 0 Å². The zero-order chi connectivity index (χ0) is 24.3. The number of aliphatic hydroxyl groups is 1. The van der Waals surface area contributed by atoms with E-state index in [1.54, 1.807) is 20.8 Å². The number of halogens is 3. The second-order valence-electron chi connectivity index (χ2n) is 7.98. The summed E-state index contributed by atoms with van der Waals surface area (Å²) in [6.45, 7) is 5.01. The van der Waals surface area contributed by atoms with E-state index in [0.29, 0.717) is 11.6 Å². The smallest absolute Gasteiger partial charge is 0.417 e. The maximum absolute atomic E-state index is 13.1. The first kappa shape index (κ1) is 25.5. The van der Waals surface area contributed by atoms with Crippen LogP contribution in [-0.4, -0.2) is 43.7 Å². The normalized spacial score (nSPS) is 13.4. The van der Waals surface area contributed by atoms with Gasteiger partial charge in [0, 0.05) is 7.05 Å². The Kier molecular flexibility index (Phi) is 7.46. The Morgan fingerprint density at radius 2 is 1.62 bits per heavy atom. The predicted molar refractivity (Wildman–Crippen MR) is 110 cm³/mol. The number of hydrogen-bond acceptors (Lipinski definition) is 6. The molecule has 0 aromatic heterocycles. The number of benzene rings is 2. The standard InChI is InChI=1S/C21H24F3NO6S/c1-20(2,3)30-19(27)25(4)13-17(26)14-9-11-15(12-10-14)31-32(28,29)18-8-6-5-7-16(18)21(22,23)24/h5-12,17,26H,13H2,1-4H3. The molecule has 0 aliphatic rings. The van der Waals surface area contributed by atoms with Gasteiger partial charge in [-0.2, -0.15) is 21.6 Å². The molecule has 2 aromatic rings. The molecule has 11 heteroatoms. The predicted octanol–water partition coefficient (Wildman–Crippen LogP) is 4.37. The molecule has 0 aliphatic heterocycles. The minimum Gasteiger partial charge on any atom is -0.444 e. The van der Waals surface area contributed by atoms with Crippen LogP contribution in [0.1, 0.15) is 38.0 Å². The van der Waals surface area contributed by atoms with Crippen LogP contribution in [-0.2, 0) is 21.0 Å². The number of carbonyl (C=O) groups excluding carboxylic acids is 1. The van der Waals surface area contributed by atoms with Crippen molar-refractivity contribution in [1.82, 2.24) is 4.90 Å². The Hall–Kier alpha value is -2.79. The average Bonchev–Trinajstić information content (AvgIpc) is 2.66. The van der Waals surface area contributed by atoms with Gasteiger partial charge in [-0.1, -0.05) is 24.3 Å². The number of rotatable bonds is 6. The van der Waals surface area contributed by atoms with Crippen molar-refractivity contribution in [1.29, 1.82) is 0 Å². The molecule has 2 aromatic carbocycles. The van der Waals surface area contributed by atoms with Crippen molar-refractivity contribution in [3.63, 3.8) is 0 Å². The van der Waals surface area contributed by atoms with Crippen molar-refractivity contribution in [2.75, 3.05) is 13.6 Å². The molecule has 0 fully saturated rings. The summed E-state index contributed by atoms with van der Waals surface area (Å²) >= 11 is 0. The second kappa shape index (κ2) is 9.37. The quantitative estimate of drug-likeness (QED) is 0.624. The Labute approximate surface area is 184 Å². The number of ether oxygens (including phenoxy) is 1. The van der Waals surface area contributed by atoms with Crippen LogP contribution in [0.15, 0.2) is 53.4 Å². The van der Waals surface area contributed by atoms with E-state index in [0.717, 1.165) is 18.2 Å². The number of likely N-dealkylation sites (N-methyl/N-ethyl adjacent to an activating group) is 1. The average molecular weight is 475 g/mol. The molecule has 176 valence electrons. The van der Waals surface area contributed by atoms with Gasteiger partial charge in [-0.3, -0.25) is 0 Å². The zero-order valence-corrected chi connectivity index (χ0v) is 18.7. The van der Waals surface area contributed by atoms with Crippen LogP contribution in [0.5, 0.6) is 5.75 Å². The number of carbonyl (C=O) groups is 1. The first-order valence-electron chi connectivity index (χ1n) is 9.43. The molecular weight excluding hydrogens is 451 g/mol.